The number of aromatic nitrogens is 1. The molecule has 10 heteroatoms. The van der Waals surface area contributed by atoms with Gasteiger partial charge in [0.25, 0.3) is 17.9 Å². The number of hydrogen-bond acceptors (Lipinski definition) is 4. The third-order valence-corrected chi connectivity index (χ3v) is 6.15. The molecule has 1 aliphatic heterocycles. The number of alkyl halides is 3. The minimum Gasteiger partial charge on any atom is -0.461 e. The zero-order valence-electron chi connectivity index (χ0n) is 20.2. The quantitative estimate of drug-likeness (QED) is 0.493. The van der Waals surface area contributed by atoms with Crippen molar-refractivity contribution in [2.75, 3.05) is 11.4 Å². The average Bonchev–Trinajstić information content (AvgIpc) is 3.16. The maximum absolute atomic E-state index is 13.5. The number of halogens is 3. The summed E-state index contributed by atoms with van der Waals surface area (Å²) >= 11 is 0. The topological polar surface area (TPSA) is 80.6 Å². The lowest BCUT2D eigenvalue weighted by Crippen LogP contribution is -2.44. The molecule has 1 unspecified atom stereocenters. The molecule has 0 radical (unpaired) electrons. The minimum absolute atomic E-state index is 0.0381. The van der Waals surface area contributed by atoms with E-state index in [1.807, 2.05) is 31.2 Å². The van der Waals surface area contributed by atoms with E-state index in [1.165, 1.54) is 54.4 Å². The van der Waals surface area contributed by atoms with Crippen LogP contribution in [0.5, 0.6) is 5.75 Å². The van der Waals surface area contributed by atoms with Crippen LogP contribution in [0.2, 0.25) is 0 Å². The summed E-state index contributed by atoms with van der Waals surface area (Å²) in [6.45, 7) is 2.43. The highest BCUT2D eigenvalue weighted by Gasteiger charge is 2.43. The van der Waals surface area contributed by atoms with Gasteiger partial charge in [0.2, 0.25) is 12.3 Å². The van der Waals surface area contributed by atoms with E-state index >= 15 is 0 Å². The Hall–Kier alpha value is -4.08. The summed E-state index contributed by atoms with van der Waals surface area (Å²) in [5.41, 5.74) is 1.25. The lowest BCUT2D eigenvalue weighted by molar-refractivity contribution is -0.118. The Morgan fingerprint density at radius 2 is 1.73 bits per heavy atom. The van der Waals surface area contributed by atoms with Crippen LogP contribution in [-0.2, 0) is 11.3 Å². The van der Waals surface area contributed by atoms with Gasteiger partial charge in [0.15, 0.2) is 0 Å². The van der Waals surface area contributed by atoms with Gasteiger partial charge in [-0.1, -0.05) is 29.8 Å². The number of pyridine rings is 1. The van der Waals surface area contributed by atoms with Crippen LogP contribution in [0.1, 0.15) is 34.3 Å². The Bertz CT molecular complexity index is 1320. The molecule has 37 heavy (non-hydrogen) atoms. The van der Waals surface area contributed by atoms with Crippen molar-refractivity contribution in [3.63, 3.8) is 0 Å². The van der Waals surface area contributed by atoms with Crippen LogP contribution < -0.4 is 20.5 Å². The van der Waals surface area contributed by atoms with Crippen LogP contribution in [0.15, 0.2) is 71.7 Å². The molecular weight excluding hydrogens is 487 g/mol. The molecule has 7 nitrogen and oxygen atoms in total. The second kappa shape index (κ2) is 10.9. The fraction of sp³-hybridized carbons (Fsp3) is 0.296. The lowest BCUT2D eigenvalue weighted by atomic mass is 9.93. The Balaban J connectivity index is 1.64. The van der Waals surface area contributed by atoms with Gasteiger partial charge in [-0.3, -0.25) is 14.4 Å². The van der Waals surface area contributed by atoms with Crippen molar-refractivity contribution in [2.45, 2.75) is 45.1 Å². The number of amides is 2. The minimum atomic E-state index is -2.74. The highest BCUT2D eigenvalue weighted by molar-refractivity contribution is 6.04. The van der Waals surface area contributed by atoms with Crippen LogP contribution in [0.25, 0.3) is 0 Å². The number of carbonyl (C=O) groups excluding carboxylic acids is 2. The summed E-state index contributed by atoms with van der Waals surface area (Å²) in [5, 5.41) is 2.76. The highest BCUT2D eigenvalue weighted by Crippen LogP contribution is 2.32. The van der Waals surface area contributed by atoms with E-state index in [4.69, 9.17) is 4.74 Å². The van der Waals surface area contributed by atoms with Gasteiger partial charge in [0, 0.05) is 31.1 Å². The SMILES string of the molecule is Cc1ccc([C@@H]2CN(c3cccn(CC(F)F)c3=O)C(=O)[C@H]2NC(=O)c2ccc(OC(C)F)cc2)cc1. The van der Waals surface area contributed by atoms with Crippen LogP contribution in [0, 0.1) is 6.92 Å². The van der Waals surface area contributed by atoms with Gasteiger partial charge in [-0.25, -0.2) is 13.2 Å². The predicted molar refractivity (Wildman–Crippen MR) is 132 cm³/mol. The van der Waals surface area contributed by atoms with E-state index in [0.717, 1.165) is 15.7 Å². The molecule has 2 amide bonds. The first kappa shape index (κ1) is 26.0. The van der Waals surface area contributed by atoms with E-state index < -0.39 is 48.7 Å². The summed E-state index contributed by atoms with van der Waals surface area (Å²) in [6.07, 6.45) is -3.01. The zero-order chi connectivity index (χ0) is 26.7. The number of aryl methyl sites for hydroxylation is 1. The van der Waals surface area contributed by atoms with E-state index in [1.54, 1.807) is 0 Å². The Morgan fingerprint density at radius 1 is 1.05 bits per heavy atom. The molecule has 4 rings (SSSR count). The van der Waals surface area contributed by atoms with Crippen molar-refractivity contribution in [1.82, 2.24) is 9.88 Å². The van der Waals surface area contributed by atoms with Crippen LogP contribution >= 0.6 is 0 Å². The van der Waals surface area contributed by atoms with Crippen molar-refractivity contribution in [3.8, 4) is 5.75 Å². The lowest BCUT2D eigenvalue weighted by Gasteiger charge is -2.19. The standard InChI is InChI=1S/C27H26F3N3O4/c1-16-5-7-18(8-6-16)21-14-33(22-4-3-13-32(26(22)35)15-23(29)30)27(36)24(21)31-25(34)19-9-11-20(12-10-19)37-17(2)28/h3-13,17,21,23-24H,14-15H2,1-2H3,(H,31,34)/t17?,21-,24-/m0/s1. The average molecular weight is 514 g/mol. The third-order valence-electron chi connectivity index (χ3n) is 6.15. The molecule has 2 aromatic carbocycles. The summed E-state index contributed by atoms with van der Waals surface area (Å²) in [6, 6.07) is 15.1. The normalized spacial score (nSPS) is 18.2. The molecule has 3 aromatic rings. The number of hydrogen-bond donors (Lipinski definition) is 1. The fourth-order valence-corrected chi connectivity index (χ4v) is 4.34. The second-order valence-electron chi connectivity index (χ2n) is 8.84. The predicted octanol–water partition coefficient (Wildman–Crippen LogP) is 4.05. The first-order chi connectivity index (χ1) is 17.6. The third kappa shape index (κ3) is 5.84. The van der Waals surface area contributed by atoms with Gasteiger partial charge in [0.05, 0.1) is 6.54 Å². The van der Waals surface area contributed by atoms with Crippen molar-refractivity contribution < 1.29 is 27.5 Å². The van der Waals surface area contributed by atoms with E-state index in [-0.39, 0.29) is 23.5 Å². The van der Waals surface area contributed by atoms with Crippen molar-refractivity contribution in [2.24, 2.45) is 0 Å². The maximum Gasteiger partial charge on any atom is 0.274 e. The molecule has 1 saturated heterocycles. The van der Waals surface area contributed by atoms with Gasteiger partial charge < -0.3 is 19.5 Å². The number of ether oxygens (including phenoxy) is 1. The summed E-state index contributed by atoms with van der Waals surface area (Å²) in [5.74, 6) is -1.33. The Labute approximate surface area is 211 Å². The maximum atomic E-state index is 13.5. The number of nitrogens with one attached hydrogen (secondary N) is 1. The van der Waals surface area contributed by atoms with Gasteiger partial charge in [-0.05, 0) is 48.9 Å². The molecule has 1 N–H and O–H groups in total. The Kier molecular flexibility index (Phi) is 7.66. The van der Waals surface area contributed by atoms with E-state index in [2.05, 4.69) is 5.32 Å². The summed E-state index contributed by atoms with van der Waals surface area (Å²) in [7, 11) is 0. The second-order valence-corrected chi connectivity index (χ2v) is 8.84. The molecule has 194 valence electrons. The molecule has 0 spiro atoms. The van der Waals surface area contributed by atoms with Crippen LogP contribution in [0.3, 0.4) is 0 Å². The highest BCUT2D eigenvalue weighted by atomic mass is 19.3. The van der Waals surface area contributed by atoms with Gasteiger partial charge >= 0.3 is 0 Å². The first-order valence-corrected chi connectivity index (χ1v) is 11.7. The van der Waals surface area contributed by atoms with E-state index in [0.29, 0.717) is 0 Å². The largest absolute Gasteiger partial charge is 0.461 e. The fourth-order valence-electron chi connectivity index (χ4n) is 4.34. The number of benzene rings is 2. The number of nitrogens with zero attached hydrogens (tertiary/aromatic N) is 2. The molecule has 2 heterocycles. The summed E-state index contributed by atoms with van der Waals surface area (Å²) < 4.78 is 44.8. The molecule has 0 bridgehead atoms. The van der Waals surface area contributed by atoms with Gasteiger partial charge in [0.1, 0.15) is 17.5 Å². The smallest absolute Gasteiger partial charge is 0.274 e. The van der Waals surface area contributed by atoms with Crippen molar-refractivity contribution in [1.29, 1.82) is 0 Å². The van der Waals surface area contributed by atoms with Gasteiger partial charge in [-0.2, -0.15) is 0 Å². The van der Waals surface area contributed by atoms with Crippen LogP contribution in [-0.4, -0.2) is 41.8 Å². The Morgan fingerprint density at radius 3 is 2.35 bits per heavy atom. The zero-order valence-corrected chi connectivity index (χ0v) is 20.2. The molecule has 1 aromatic heterocycles. The molecule has 0 aliphatic carbocycles. The van der Waals surface area contributed by atoms with Gasteiger partial charge in [-0.15, -0.1) is 0 Å². The van der Waals surface area contributed by atoms with E-state index in [9.17, 15) is 27.6 Å². The number of rotatable bonds is 8. The van der Waals surface area contributed by atoms with Crippen molar-refractivity contribution in [3.05, 3.63) is 93.9 Å². The molecule has 1 aliphatic rings. The summed E-state index contributed by atoms with van der Waals surface area (Å²) in [4.78, 5) is 40.7. The molecule has 0 saturated carbocycles. The molecule has 3 atom stereocenters. The molecular formula is C27H26F3N3O4. The van der Waals surface area contributed by atoms with Crippen LogP contribution in [0.4, 0.5) is 18.9 Å². The number of carbonyl (C=O) groups is 2. The van der Waals surface area contributed by atoms with Crippen molar-refractivity contribution >= 4 is 17.5 Å². The first-order valence-electron chi connectivity index (χ1n) is 11.7. The molecule has 1 fully saturated rings. The number of anilines is 1. The monoisotopic (exact) mass is 513 g/mol.